The third-order valence-corrected chi connectivity index (χ3v) is 2.51. The van der Waals surface area contributed by atoms with Crippen LogP contribution < -0.4 is 0 Å². The molecule has 3 heterocycles. The van der Waals surface area contributed by atoms with Crippen molar-refractivity contribution in [3.63, 3.8) is 0 Å². The van der Waals surface area contributed by atoms with Crippen LogP contribution in [-0.2, 0) is 7.05 Å². The number of imidazole rings is 1. The lowest BCUT2D eigenvalue weighted by atomic mass is 10.2. The van der Waals surface area contributed by atoms with Crippen LogP contribution >= 0.6 is 0 Å². The summed E-state index contributed by atoms with van der Waals surface area (Å²) < 4.78 is 3.84. The maximum atomic E-state index is 4.25. The van der Waals surface area contributed by atoms with E-state index in [1.165, 1.54) is 0 Å². The van der Waals surface area contributed by atoms with Crippen molar-refractivity contribution < 1.29 is 0 Å². The summed E-state index contributed by atoms with van der Waals surface area (Å²) >= 11 is 0. The number of nitrogens with zero attached hydrogens (tertiary/aromatic N) is 4. The second kappa shape index (κ2) is 2.95. The lowest BCUT2D eigenvalue weighted by Crippen LogP contribution is -1.94. The van der Waals surface area contributed by atoms with Crippen LogP contribution in [0.4, 0.5) is 0 Å². The second-order valence-electron chi connectivity index (χ2n) is 3.45. The number of aromatic nitrogens is 4. The highest BCUT2D eigenvalue weighted by molar-refractivity contribution is 5.64. The van der Waals surface area contributed by atoms with Gasteiger partial charge in [0.25, 0.3) is 0 Å². The van der Waals surface area contributed by atoms with E-state index in [4.69, 9.17) is 0 Å². The fraction of sp³-hybridized carbons (Fsp3) is 0.0909. The highest BCUT2D eigenvalue weighted by atomic mass is 15.3. The van der Waals surface area contributed by atoms with Gasteiger partial charge in [0.2, 0.25) is 0 Å². The van der Waals surface area contributed by atoms with Gasteiger partial charge in [-0.05, 0) is 18.2 Å². The van der Waals surface area contributed by atoms with Gasteiger partial charge in [-0.3, -0.25) is 4.68 Å². The first-order valence-corrected chi connectivity index (χ1v) is 4.76. The van der Waals surface area contributed by atoms with Crippen molar-refractivity contribution in [2.24, 2.45) is 7.05 Å². The highest BCUT2D eigenvalue weighted by Gasteiger charge is 2.03. The Balaban J connectivity index is 2.23. The van der Waals surface area contributed by atoms with Gasteiger partial charge in [-0.2, -0.15) is 5.10 Å². The molecule has 0 aliphatic rings. The normalized spacial score (nSPS) is 11.0. The molecular weight excluding hydrogens is 188 g/mol. The van der Waals surface area contributed by atoms with Crippen LogP contribution in [0, 0.1) is 0 Å². The van der Waals surface area contributed by atoms with Gasteiger partial charge in [0, 0.05) is 37.4 Å². The van der Waals surface area contributed by atoms with Crippen LogP contribution in [0.1, 0.15) is 0 Å². The molecule has 0 atom stereocenters. The first-order valence-electron chi connectivity index (χ1n) is 4.76. The number of aryl methyl sites for hydroxylation is 1. The standard InChI is InChI=1S/C11H10N4/c1-14-10(2-4-13-14)9-3-6-15-7-5-12-11(15)8-9/h2-8H,1H3. The Hall–Kier alpha value is -2.10. The lowest BCUT2D eigenvalue weighted by Gasteiger charge is -2.02. The predicted octanol–water partition coefficient (Wildman–Crippen LogP) is 1.73. The van der Waals surface area contributed by atoms with Gasteiger partial charge in [0.05, 0.1) is 5.69 Å². The monoisotopic (exact) mass is 198 g/mol. The maximum absolute atomic E-state index is 4.25. The molecule has 4 heteroatoms. The molecule has 3 aromatic rings. The molecule has 0 saturated heterocycles. The SMILES string of the molecule is Cn1nccc1-c1ccn2ccnc2c1. The summed E-state index contributed by atoms with van der Waals surface area (Å²) in [6.45, 7) is 0. The Morgan fingerprint density at radius 2 is 2.07 bits per heavy atom. The van der Waals surface area contributed by atoms with Gasteiger partial charge in [-0.1, -0.05) is 0 Å². The maximum Gasteiger partial charge on any atom is 0.137 e. The highest BCUT2D eigenvalue weighted by Crippen LogP contribution is 2.18. The third-order valence-electron chi connectivity index (χ3n) is 2.51. The van der Waals surface area contributed by atoms with Crippen molar-refractivity contribution in [2.75, 3.05) is 0 Å². The van der Waals surface area contributed by atoms with Crippen LogP contribution in [-0.4, -0.2) is 19.2 Å². The molecule has 0 bridgehead atoms. The molecule has 3 rings (SSSR count). The van der Waals surface area contributed by atoms with E-state index in [-0.39, 0.29) is 0 Å². The Labute approximate surface area is 86.8 Å². The molecule has 74 valence electrons. The number of hydrogen-bond acceptors (Lipinski definition) is 2. The molecule has 0 amide bonds. The lowest BCUT2D eigenvalue weighted by molar-refractivity contribution is 0.776. The summed E-state index contributed by atoms with van der Waals surface area (Å²) in [5.74, 6) is 0. The first-order chi connectivity index (χ1) is 7.34. The quantitative estimate of drug-likeness (QED) is 0.597. The van der Waals surface area contributed by atoms with Gasteiger partial charge < -0.3 is 4.40 Å². The van der Waals surface area contributed by atoms with E-state index in [0.29, 0.717) is 0 Å². The first kappa shape index (κ1) is 8.23. The Morgan fingerprint density at radius 1 is 1.13 bits per heavy atom. The molecule has 0 radical (unpaired) electrons. The largest absolute Gasteiger partial charge is 0.307 e. The zero-order valence-electron chi connectivity index (χ0n) is 8.33. The topological polar surface area (TPSA) is 35.1 Å². The number of hydrogen-bond donors (Lipinski definition) is 0. The van der Waals surface area contributed by atoms with Crippen molar-refractivity contribution >= 4 is 5.65 Å². The Bertz CT molecular complexity index is 606. The van der Waals surface area contributed by atoms with Gasteiger partial charge in [0.15, 0.2) is 0 Å². The zero-order valence-corrected chi connectivity index (χ0v) is 8.33. The van der Waals surface area contributed by atoms with E-state index in [2.05, 4.69) is 22.2 Å². The average Bonchev–Trinajstić information content (AvgIpc) is 2.84. The number of pyridine rings is 1. The second-order valence-corrected chi connectivity index (χ2v) is 3.45. The summed E-state index contributed by atoms with van der Waals surface area (Å²) in [4.78, 5) is 4.25. The van der Waals surface area contributed by atoms with E-state index in [1.807, 2.05) is 34.6 Å². The minimum Gasteiger partial charge on any atom is -0.307 e. The smallest absolute Gasteiger partial charge is 0.137 e. The van der Waals surface area contributed by atoms with Crippen molar-refractivity contribution in [1.82, 2.24) is 19.2 Å². The molecule has 4 nitrogen and oxygen atoms in total. The minimum atomic E-state index is 0.953. The summed E-state index contributed by atoms with van der Waals surface area (Å²) in [7, 11) is 1.94. The molecule has 0 aliphatic carbocycles. The van der Waals surface area contributed by atoms with Crippen LogP contribution in [0.3, 0.4) is 0 Å². The Morgan fingerprint density at radius 3 is 2.87 bits per heavy atom. The van der Waals surface area contributed by atoms with Gasteiger partial charge in [-0.25, -0.2) is 4.98 Å². The van der Waals surface area contributed by atoms with E-state index in [1.54, 1.807) is 12.4 Å². The van der Waals surface area contributed by atoms with Crippen LogP contribution in [0.2, 0.25) is 0 Å². The van der Waals surface area contributed by atoms with Crippen LogP contribution in [0.5, 0.6) is 0 Å². The average molecular weight is 198 g/mol. The molecular formula is C11H10N4. The molecule has 0 saturated carbocycles. The molecule has 0 aliphatic heterocycles. The summed E-state index contributed by atoms with van der Waals surface area (Å²) in [6.07, 6.45) is 7.53. The summed E-state index contributed by atoms with van der Waals surface area (Å²) in [5.41, 5.74) is 3.18. The van der Waals surface area contributed by atoms with Gasteiger partial charge in [-0.15, -0.1) is 0 Å². The van der Waals surface area contributed by atoms with E-state index >= 15 is 0 Å². The summed E-state index contributed by atoms with van der Waals surface area (Å²) in [5, 5.41) is 4.15. The number of rotatable bonds is 1. The molecule has 0 unspecified atom stereocenters. The third kappa shape index (κ3) is 1.22. The molecule has 0 aromatic carbocycles. The van der Waals surface area contributed by atoms with Crippen molar-refractivity contribution in [2.45, 2.75) is 0 Å². The predicted molar refractivity (Wildman–Crippen MR) is 57.4 cm³/mol. The van der Waals surface area contributed by atoms with E-state index in [9.17, 15) is 0 Å². The van der Waals surface area contributed by atoms with E-state index < -0.39 is 0 Å². The molecule has 0 spiro atoms. The van der Waals surface area contributed by atoms with Crippen LogP contribution in [0.15, 0.2) is 43.0 Å². The van der Waals surface area contributed by atoms with Gasteiger partial charge in [0.1, 0.15) is 5.65 Å². The minimum absolute atomic E-state index is 0.953. The van der Waals surface area contributed by atoms with Crippen molar-refractivity contribution in [3.05, 3.63) is 43.0 Å². The van der Waals surface area contributed by atoms with Crippen LogP contribution in [0.25, 0.3) is 16.9 Å². The zero-order chi connectivity index (χ0) is 10.3. The Kier molecular flexibility index (Phi) is 1.62. The van der Waals surface area contributed by atoms with Crippen molar-refractivity contribution in [3.8, 4) is 11.3 Å². The van der Waals surface area contributed by atoms with Gasteiger partial charge >= 0.3 is 0 Å². The molecule has 15 heavy (non-hydrogen) atoms. The van der Waals surface area contributed by atoms with E-state index in [0.717, 1.165) is 16.9 Å². The fourth-order valence-corrected chi connectivity index (χ4v) is 1.73. The summed E-state index contributed by atoms with van der Waals surface area (Å²) in [6, 6.07) is 6.11. The fourth-order valence-electron chi connectivity index (χ4n) is 1.73. The molecule has 0 N–H and O–H groups in total. The molecule has 3 aromatic heterocycles. The molecule has 0 fully saturated rings. The number of fused-ring (bicyclic) bond motifs is 1. The van der Waals surface area contributed by atoms with Crippen molar-refractivity contribution in [1.29, 1.82) is 0 Å².